The summed E-state index contributed by atoms with van der Waals surface area (Å²) in [6.45, 7) is 1.66. The van der Waals surface area contributed by atoms with E-state index in [2.05, 4.69) is 5.10 Å². The van der Waals surface area contributed by atoms with Gasteiger partial charge in [0, 0.05) is 23.3 Å². The van der Waals surface area contributed by atoms with Gasteiger partial charge in [-0.1, -0.05) is 11.6 Å². The smallest absolute Gasteiger partial charge is 0.416 e. The van der Waals surface area contributed by atoms with Gasteiger partial charge >= 0.3 is 12.1 Å². The van der Waals surface area contributed by atoms with Gasteiger partial charge in [-0.15, -0.1) is 0 Å². The second-order valence-electron chi connectivity index (χ2n) is 9.09. The third-order valence-corrected chi connectivity index (χ3v) is 10.4. The predicted octanol–water partition coefficient (Wildman–Crippen LogP) is 4.65. The molecule has 0 N–H and O–H groups in total. The van der Waals surface area contributed by atoms with Gasteiger partial charge in [0.25, 0.3) is 0 Å². The minimum absolute atomic E-state index is 0.175. The Labute approximate surface area is 234 Å². The second kappa shape index (κ2) is 11.1. The molecule has 0 saturated carbocycles. The fourth-order valence-electron chi connectivity index (χ4n) is 4.56. The van der Waals surface area contributed by atoms with Crippen molar-refractivity contribution in [3.05, 3.63) is 70.5 Å². The Morgan fingerprint density at radius 1 is 1.10 bits per heavy atom. The standard InChI is InChI=1S/C25H25ClF3N3O6S2/c1-3-38-24(33)15-32-23-6-4-5-22(21(23)14-30-32)31(2)40(36,37)20-12-16(25(27,28)29)11-19(13-20)39(34,35)18-9-7-17(26)8-10-18/h7-14,22H,3-6,15H2,1-2H3. The molecule has 15 heteroatoms. The highest BCUT2D eigenvalue weighted by molar-refractivity contribution is 7.91. The molecule has 0 bridgehead atoms. The zero-order chi connectivity index (χ0) is 29.5. The molecule has 1 heterocycles. The van der Waals surface area contributed by atoms with Crippen molar-refractivity contribution in [1.82, 2.24) is 14.1 Å². The summed E-state index contributed by atoms with van der Waals surface area (Å²) in [6, 6.07) is 5.49. The maximum absolute atomic E-state index is 13.8. The highest BCUT2D eigenvalue weighted by Crippen LogP contribution is 2.39. The van der Waals surface area contributed by atoms with Gasteiger partial charge in [-0.25, -0.2) is 16.8 Å². The van der Waals surface area contributed by atoms with Crippen LogP contribution in [0.15, 0.2) is 63.3 Å². The lowest BCUT2D eigenvalue weighted by Crippen LogP contribution is -2.34. The second-order valence-corrected chi connectivity index (χ2v) is 13.5. The number of ether oxygens (including phenoxy) is 1. The maximum atomic E-state index is 13.8. The molecule has 0 amide bonds. The Morgan fingerprint density at radius 3 is 2.38 bits per heavy atom. The molecule has 216 valence electrons. The summed E-state index contributed by atoms with van der Waals surface area (Å²) in [6.07, 6.45) is -2.24. The first kappa shape index (κ1) is 30.0. The summed E-state index contributed by atoms with van der Waals surface area (Å²) in [5.41, 5.74) is -0.315. The zero-order valence-corrected chi connectivity index (χ0v) is 23.7. The predicted molar refractivity (Wildman–Crippen MR) is 138 cm³/mol. The lowest BCUT2D eigenvalue weighted by atomic mass is 9.93. The van der Waals surface area contributed by atoms with Crippen LogP contribution in [-0.4, -0.2) is 50.5 Å². The minimum Gasteiger partial charge on any atom is -0.465 e. The number of fused-ring (bicyclic) bond motifs is 1. The molecule has 1 aliphatic rings. The monoisotopic (exact) mass is 619 g/mol. The van der Waals surface area contributed by atoms with E-state index in [-0.39, 0.29) is 23.1 Å². The quantitative estimate of drug-likeness (QED) is 0.337. The van der Waals surface area contributed by atoms with Crippen LogP contribution in [0.25, 0.3) is 0 Å². The van der Waals surface area contributed by atoms with Gasteiger partial charge in [0.1, 0.15) is 6.54 Å². The molecule has 1 aromatic heterocycles. The molecule has 0 aliphatic heterocycles. The van der Waals surface area contributed by atoms with Crippen molar-refractivity contribution in [3.63, 3.8) is 0 Å². The molecule has 3 aromatic rings. The van der Waals surface area contributed by atoms with Crippen molar-refractivity contribution in [2.24, 2.45) is 0 Å². The van der Waals surface area contributed by atoms with Gasteiger partial charge < -0.3 is 4.74 Å². The number of alkyl halides is 3. The van der Waals surface area contributed by atoms with Crippen molar-refractivity contribution in [1.29, 1.82) is 0 Å². The summed E-state index contributed by atoms with van der Waals surface area (Å²) in [7, 11) is -7.96. The number of esters is 1. The number of aromatic nitrogens is 2. The van der Waals surface area contributed by atoms with E-state index in [0.29, 0.717) is 42.7 Å². The van der Waals surface area contributed by atoms with Gasteiger partial charge in [-0.2, -0.15) is 22.6 Å². The van der Waals surface area contributed by atoms with E-state index in [9.17, 15) is 34.8 Å². The number of carbonyl (C=O) groups excluding carboxylic acids is 1. The lowest BCUT2D eigenvalue weighted by molar-refractivity contribution is -0.144. The molecule has 1 aliphatic carbocycles. The molecule has 0 saturated heterocycles. The first-order valence-electron chi connectivity index (χ1n) is 12.1. The van der Waals surface area contributed by atoms with E-state index in [1.54, 1.807) is 6.92 Å². The number of halogens is 4. The number of benzene rings is 2. The Morgan fingerprint density at radius 2 is 1.75 bits per heavy atom. The number of nitrogens with zero attached hydrogens (tertiary/aromatic N) is 3. The van der Waals surface area contributed by atoms with E-state index < -0.39 is 53.4 Å². The highest BCUT2D eigenvalue weighted by atomic mass is 35.5. The zero-order valence-electron chi connectivity index (χ0n) is 21.4. The van der Waals surface area contributed by atoms with Crippen LogP contribution in [-0.2, 0) is 48.5 Å². The van der Waals surface area contributed by atoms with E-state index in [4.69, 9.17) is 16.3 Å². The molecule has 0 fully saturated rings. The van der Waals surface area contributed by atoms with E-state index in [1.807, 2.05) is 0 Å². The minimum atomic E-state index is -5.03. The molecule has 2 aromatic carbocycles. The van der Waals surface area contributed by atoms with E-state index >= 15 is 0 Å². The fraction of sp³-hybridized carbons (Fsp3) is 0.360. The van der Waals surface area contributed by atoms with Crippen LogP contribution in [0, 0.1) is 0 Å². The van der Waals surface area contributed by atoms with Crippen LogP contribution in [0.3, 0.4) is 0 Å². The summed E-state index contributed by atoms with van der Waals surface area (Å²) in [4.78, 5) is 9.96. The topological polar surface area (TPSA) is 116 Å². The average molecular weight is 620 g/mol. The van der Waals surface area contributed by atoms with Crippen molar-refractivity contribution < 1.29 is 39.5 Å². The third kappa shape index (κ3) is 5.90. The summed E-state index contributed by atoms with van der Waals surface area (Å²) in [5.74, 6) is -0.519. The lowest BCUT2D eigenvalue weighted by Gasteiger charge is -2.31. The van der Waals surface area contributed by atoms with E-state index in [1.165, 1.54) is 30.1 Å². The van der Waals surface area contributed by atoms with Crippen LogP contribution in [0.2, 0.25) is 5.02 Å². The normalized spacial score (nSPS) is 16.1. The molecular formula is C25H25ClF3N3O6S2. The van der Waals surface area contributed by atoms with Gasteiger partial charge in [0.05, 0.1) is 39.1 Å². The number of carbonyl (C=O) groups is 1. The van der Waals surface area contributed by atoms with Crippen LogP contribution in [0.5, 0.6) is 0 Å². The first-order chi connectivity index (χ1) is 18.7. The molecule has 1 unspecified atom stereocenters. The Bertz CT molecular complexity index is 1640. The summed E-state index contributed by atoms with van der Waals surface area (Å²) >= 11 is 5.81. The van der Waals surface area contributed by atoms with Gasteiger partial charge in [-0.3, -0.25) is 9.48 Å². The number of hydrogen-bond acceptors (Lipinski definition) is 7. The maximum Gasteiger partial charge on any atom is 0.416 e. The number of sulfonamides is 1. The Kier molecular flexibility index (Phi) is 8.37. The summed E-state index contributed by atoms with van der Waals surface area (Å²) < 4.78 is 103. The van der Waals surface area contributed by atoms with Crippen LogP contribution in [0.4, 0.5) is 13.2 Å². The molecule has 9 nitrogen and oxygen atoms in total. The highest BCUT2D eigenvalue weighted by Gasteiger charge is 2.38. The molecule has 40 heavy (non-hydrogen) atoms. The SMILES string of the molecule is CCOC(=O)Cn1ncc2c1CCCC2N(C)S(=O)(=O)c1cc(C(F)(F)F)cc(S(=O)(=O)c2ccc(Cl)cc2)c1. The van der Waals surface area contributed by atoms with Gasteiger partial charge in [-0.05, 0) is 68.7 Å². The molecule has 0 radical (unpaired) electrons. The number of rotatable bonds is 8. The van der Waals surface area contributed by atoms with Crippen LogP contribution in [0.1, 0.15) is 42.6 Å². The van der Waals surface area contributed by atoms with Gasteiger partial charge in [0.15, 0.2) is 0 Å². The van der Waals surface area contributed by atoms with Crippen molar-refractivity contribution in [2.75, 3.05) is 13.7 Å². The average Bonchev–Trinajstić information content (AvgIpc) is 3.30. The van der Waals surface area contributed by atoms with Gasteiger partial charge in [0.2, 0.25) is 19.9 Å². The third-order valence-electron chi connectivity index (χ3n) is 6.57. The first-order valence-corrected chi connectivity index (χ1v) is 15.4. The largest absolute Gasteiger partial charge is 0.465 e. The molecular weight excluding hydrogens is 595 g/mol. The van der Waals surface area contributed by atoms with Crippen molar-refractivity contribution >= 4 is 37.4 Å². The van der Waals surface area contributed by atoms with E-state index in [0.717, 1.165) is 22.5 Å². The molecule has 1 atom stereocenters. The summed E-state index contributed by atoms with van der Waals surface area (Å²) in [5, 5.41) is 4.41. The van der Waals surface area contributed by atoms with Crippen LogP contribution >= 0.6 is 11.6 Å². The number of sulfone groups is 1. The Hall–Kier alpha value is -2.94. The molecule has 4 rings (SSSR count). The van der Waals surface area contributed by atoms with Crippen molar-refractivity contribution in [2.45, 2.75) is 59.6 Å². The Balaban J connectivity index is 1.76. The number of hydrogen-bond donors (Lipinski definition) is 0. The van der Waals surface area contributed by atoms with Crippen molar-refractivity contribution in [3.8, 4) is 0 Å². The van der Waals surface area contributed by atoms with Crippen LogP contribution < -0.4 is 0 Å². The fourth-order valence-corrected chi connectivity index (χ4v) is 7.53. The molecule has 0 spiro atoms.